The third kappa shape index (κ3) is 3.53. The molecule has 0 aliphatic heterocycles. The van der Waals surface area contributed by atoms with Gasteiger partial charge in [0.25, 0.3) is 0 Å². The van der Waals surface area contributed by atoms with Gasteiger partial charge in [-0.25, -0.2) is 0 Å². The van der Waals surface area contributed by atoms with Crippen LogP contribution >= 0.6 is 15.9 Å². The Morgan fingerprint density at radius 3 is 2.86 bits per heavy atom. The van der Waals surface area contributed by atoms with E-state index in [9.17, 15) is 0 Å². The molecule has 21 heavy (non-hydrogen) atoms. The number of rotatable bonds is 5. The lowest BCUT2D eigenvalue weighted by Crippen LogP contribution is -2.23. The molecule has 3 heteroatoms. The Morgan fingerprint density at radius 1 is 1.19 bits per heavy atom. The van der Waals surface area contributed by atoms with Gasteiger partial charge in [0.05, 0.1) is 0 Å². The first kappa shape index (κ1) is 14.7. The fourth-order valence-corrected chi connectivity index (χ4v) is 3.54. The molecule has 1 atom stereocenters. The van der Waals surface area contributed by atoms with Gasteiger partial charge in [0.1, 0.15) is 0 Å². The average Bonchev–Trinajstić information content (AvgIpc) is 2.94. The van der Waals surface area contributed by atoms with E-state index in [1.54, 1.807) is 11.1 Å². The van der Waals surface area contributed by atoms with Gasteiger partial charge in [-0.15, -0.1) is 0 Å². The maximum Gasteiger partial charge on any atom is 0.0410 e. The summed E-state index contributed by atoms with van der Waals surface area (Å²) in [5, 5.41) is 3.58. The summed E-state index contributed by atoms with van der Waals surface area (Å²) in [4.78, 5) is 4.30. The second-order valence-corrected chi connectivity index (χ2v) is 6.62. The van der Waals surface area contributed by atoms with E-state index in [0.29, 0.717) is 6.04 Å². The molecule has 110 valence electrons. The zero-order chi connectivity index (χ0) is 14.7. The number of fused-ring (bicyclic) bond motifs is 1. The van der Waals surface area contributed by atoms with Gasteiger partial charge in [0.15, 0.2) is 0 Å². The van der Waals surface area contributed by atoms with Crippen LogP contribution in [0.5, 0.6) is 0 Å². The topological polar surface area (TPSA) is 24.9 Å². The molecule has 1 aromatic carbocycles. The average molecular weight is 345 g/mol. The Bertz CT molecular complexity index is 624. The molecule has 2 nitrogen and oxygen atoms in total. The van der Waals surface area contributed by atoms with Gasteiger partial charge in [-0.3, -0.25) is 4.98 Å². The molecule has 0 amide bonds. The summed E-state index contributed by atoms with van der Waals surface area (Å²) in [7, 11) is 0. The lowest BCUT2D eigenvalue weighted by Gasteiger charge is -2.19. The highest BCUT2D eigenvalue weighted by atomic mass is 79.9. The van der Waals surface area contributed by atoms with E-state index in [-0.39, 0.29) is 0 Å². The van der Waals surface area contributed by atoms with Gasteiger partial charge in [-0.05, 0) is 76.5 Å². The maximum atomic E-state index is 4.30. The molecule has 1 aromatic heterocycles. The Balaban J connectivity index is 1.82. The van der Waals surface area contributed by atoms with Crippen molar-refractivity contribution in [1.29, 1.82) is 0 Å². The van der Waals surface area contributed by atoms with Gasteiger partial charge in [0.2, 0.25) is 0 Å². The highest BCUT2D eigenvalue weighted by Crippen LogP contribution is 2.26. The minimum absolute atomic E-state index is 0.319. The fraction of sp³-hybridized carbons (Fsp3) is 0.389. The second kappa shape index (κ2) is 6.71. The Labute approximate surface area is 135 Å². The third-order valence-electron chi connectivity index (χ3n) is 4.18. The SMILES string of the molecule is CCNC(Cc1ccc2c(c1)CCC2)c1cncc(Br)c1. The molecule has 0 saturated carbocycles. The van der Waals surface area contributed by atoms with Gasteiger partial charge in [-0.1, -0.05) is 25.1 Å². The van der Waals surface area contributed by atoms with E-state index >= 15 is 0 Å². The van der Waals surface area contributed by atoms with Crippen molar-refractivity contribution in [3.05, 3.63) is 63.4 Å². The molecular formula is C18H21BrN2. The van der Waals surface area contributed by atoms with Crippen molar-refractivity contribution in [3.8, 4) is 0 Å². The van der Waals surface area contributed by atoms with Gasteiger partial charge >= 0.3 is 0 Å². The zero-order valence-electron chi connectivity index (χ0n) is 12.4. The number of aromatic nitrogens is 1. The summed E-state index contributed by atoms with van der Waals surface area (Å²) in [5.74, 6) is 0. The van der Waals surface area contributed by atoms with Crippen LogP contribution in [0, 0.1) is 0 Å². The molecular weight excluding hydrogens is 324 g/mol. The van der Waals surface area contributed by atoms with E-state index in [1.807, 2.05) is 12.4 Å². The van der Waals surface area contributed by atoms with Crippen LogP contribution in [0.1, 0.15) is 41.6 Å². The molecule has 1 aliphatic carbocycles. The first-order chi connectivity index (χ1) is 10.3. The number of halogens is 1. The first-order valence-corrected chi connectivity index (χ1v) is 8.50. The Hall–Kier alpha value is -1.19. The van der Waals surface area contributed by atoms with Crippen molar-refractivity contribution in [2.45, 2.75) is 38.6 Å². The molecule has 0 spiro atoms. The molecule has 3 rings (SSSR count). The smallest absolute Gasteiger partial charge is 0.0410 e. The Kier molecular flexibility index (Phi) is 4.71. The van der Waals surface area contributed by atoms with Crippen molar-refractivity contribution in [3.63, 3.8) is 0 Å². The number of benzene rings is 1. The number of hydrogen-bond acceptors (Lipinski definition) is 2. The predicted molar refractivity (Wildman–Crippen MR) is 90.5 cm³/mol. The third-order valence-corrected chi connectivity index (χ3v) is 4.62. The summed E-state index contributed by atoms with van der Waals surface area (Å²) in [6.07, 6.45) is 8.62. The zero-order valence-corrected chi connectivity index (χ0v) is 14.0. The van der Waals surface area contributed by atoms with Gasteiger partial charge < -0.3 is 5.32 Å². The maximum absolute atomic E-state index is 4.30. The van der Waals surface area contributed by atoms with E-state index in [2.05, 4.69) is 57.4 Å². The van der Waals surface area contributed by atoms with E-state index in [4.69, 9.17) is 0 Å². The van der Waals surface area contributed by atoms with Crippen LogP contribution in [-0.4, -0.2) is 11.5 Å². The fourth-order valence-electron chi connectivity index (χ4n) is 3.16. The molecule has 1 heterocycles. The first-order valence-electron chi connectivity index (χ1n) is 7.71. The van der Waals surface area contributed by atoms with Crippen LogP contribution in [-0.2, 0) is 19.3 Å². The molecule has 2 aromatic rings. The lowest BCUT2D eigenvalue weighted by atomic mass is 9.97. The predicted octanol–water partition coefficient (Wildman–Crippen LogP) is 4.23. The van der Waals surface area contributed by atoms with E-state index in [0.717, 1.165) is 17.4 Å². The minimum atomic E-state index is 0.319. The molecule has 1 unspecified atom stereocenters. The highest BCUT2D eigenvalue weighted by Gasteiger charge is 2.15. The van der Waals surface area contributed by atoms with Gasteiger partial charge in [0, 0.05) is 22.9 Å². The van der Waals surface area contributed by atoms with Crippen molar-refractivity contribution in [2.24, 2.45) is 0 Å². The molecule has 0 bridgehead atoms. The number of aryl methyl sites for hydroxylation is 2. The summed E-state index contributed by atoms with van der Waals surface area (Å²) in [5.41, 5.74) is 5.76. The molecule has 1 N–H and O–H groups in total. The lowest BCUT2D eigenvalue weighted by molar-refractivity contribution is 0.548. The van der Waals surface area contributed by atoms with Crippen LogP contribution in [0.25, 0.3) is 0 Å². The number of hydrogen-bond donors (Lipinski definition) is 1. The summed E-state index contributed by atoms with van der Waals surface area (Å²) < 4.78 is 1.04. The highest BCUT2D eigenvalue weighted by molar-refractivity contribution is 9.10. The van der Waals surface area contributed by atoms with Crippen molar-refractivity contribution < 1.29 is 0 Å². The van der Waals surface area contributed by atoms with Crippen LogP contribution in [0.15, 0.2) is 41.1 Å². The van der Waals surface area contributed by atoms with Crippen LogP contribution in [0.2, 0.25) is 0 Å². The Morgan fingerprint density at radius 2 is 2.05 bits per heavy atom. The quantitative estimate of drug-likeness (QED) is 0.877. The van der Waals surface area contributed by atoms with Crippen LogP contribution in [0.3, 0.4) is 0 Å². The monoisotopic (exact) mass is 344 g/mol. The van der Waals surface area contributed by atoms with Crippen molar-refractivity contribution in [2.75, 3.05) is 6.54 Å². The number of nitrogens with zero attached hydrogens (tertiary/aromatic N) is 1. The number of likely N-dealkylation sites (N-methyl/N-ethyl adjacent to an activating group) is 1. The molecule has 0 fully saturated rings. The number of pyridine rings is 1. The second-order valence-electron chi connectivity index (χ2n) is 5.71. The molecule has 0 saturated heterocycles. The van der Waals surface area contributed by atoms with Crippen LogP contribution < -0.4 is 5.32 Å². The number of nitrogens with one attached hydrogen (secondary N) is 1. The van der Waals surface area contributed by atoms with Gasteiger partial charge in [-0.2, -0.15) is 0 Å². The van der Waals surface area contributed by atoms with Crippen molar-refractivity contribution >= 4 is 15.9 Å². The van der Waals surface area contributed by atoms with E-state index < -0.39 is 0 Å². The largest absolute Gasteiger partial charge is 0.310 e. The van der Waals surface area contributed by atoms with Crippen LogP contribution in [0.4, 0.5) is 0 Å². The van der Waals surface area contributed by atoms with Crippen molar-refractivity contribution in [1.82, 2.24) is 10.3 Å². The minimum Gasteiger partial charge on any atom is -0.310 e. The normalized spacial score (nSPS) is 15.0. The summed E-state index contributed by atoms with van der Waals surface area (Å²) >= 11 is 3.52. The summed E-state index contributed by atoms with van der Waals surface area (Å²) in [6.45, 7) is 3.11. The summed E-state index contributed by atoms with van der Waals surface area (Å²) in [6, 6.07) is 9.49. The standard InChI is InChI=1S/C18H21BrN2/c1-2-21-18(16-10-17(19)12-20-11-16)9-13-6-7-14-4-3-5-15(14)8-13/h6-8,10-12,18,21H,2-5,9H2,1H3. The molecule has 1 aliphatic rings. The van der Waals surface area contributed by atoms with E-state index in [1.165, 1.54) is 30.4 Å². The molecule has 0 radical (unpaired) electrons.